The van der Waals surface area contributed by atoms with Crippen molar-refractivity contribution in [1.82, 2.24) is 0 Å². The molecule has 0 aliphatic heterocycles. The van der Waals surface area contributed by atoms with Crippen molar-refractivity contribution in [2.75, 3.05) is 5.32 Å². The van der Waals surface area contributed by atoms with Crippen LogP contribution in [-0.2, 0) is 4.79 Å². The Labute approximate surface area is 115 Å². The van der Waals surface area contributed by atoms with E-state index in [2.05, 4.69) is 5.32 Å². The second kappa shape index (κ2) is 6.10. The van der Waals surface area contributed by atoms with E-state index in [9.17, 15) is 13.6 Å². The minimum absolute atomic E-state index is 0.367. The molecule has 0 saturated heterocycles. The van der Waals surface area contributed by atoms with Crippen molar-refractivity contribution < 1.29 is 13.6 Å². The molecule has 0 aliphatic rings. The molecule has 0 saturated carbocycles. The molecule has 1 amide bonds. The summed E-state index contributed by atoms with van der Waals surface area (Å²) in [7, 11) is 0. The van der Waals surface area contributed by atoms with Gasteiger partial charge in [-0.2, -0.15) is 0 Å². The Morgan fingerprint density at radius 2 is 1.85 bits per heavy atom. The Morgan fingerprint density at radius 1 is 1.10 bits per heavy atom. The van der Waals surface area contributed by atoms with Crippen molar-refractivity contribution in [1.29, 1.82) is 0 Å². The molecule has 20 heavy (non-hydrogen) atoms. The van der Waals surface area contributed by atoms with E-state index in [0.717, 1.165) is 5.56 Å². The molecule has 1 N–H and O–H groups in total. The van der Waals surface area contributed by atoms with Gasteiger partial charge in [0.15, 0.2) is 0 Å². The van der Waals surface area contributed by atoms with E-state index in [1.807, 2.05) is 0 Å². The molecule has 0 spiro atoms. The number of carbonyl (C=O) groups is 1. The Bertz CT molecular complexity index is 665. The van der Waals surface area contributed by atoms with Crippen LogP contribution in [0.25, 0.3) is 6.08 Å². The molecule has 0 atom stereocenters. The van der Waals surface area contributed by atoms with Crippen LogP contribution in [-0.4, -0.2) is 5.91 Å². The number of rotatable bonds is 3. The summed E-state index contributed by atoms with van der Waals surface area (Å²) in [5.74, 6) is -1.18. The number of nitrogens with one attached hydrogen (secondary N) is 1. The molecule has 2 aromatic carbocycles. The molecule has 0 heterocycles. The summed E-state index contributed by atoms with van der Waals surface area (Å²) < 4.78 is 26.0. The lowest BCUT2D eigenvalue weighted by Crippen LogP contribution is -2.09. The average Bonchev–Trinajstić information content (AvgIpc) is 2.41. The second-order valence-corrected chi connectivity index (χ2v) is 4.34. The molecule has 0 unspecified atom stereocenters. The van der Waals surface area contributed by atoms with Gasteiger partial charge in [0.1, 0.15) is 11.6 Å². The molecule has 0 bridgehead atoms. The number of hydrogen-bond donors (Lipinski definition) is 1. The maximum absolute atomic E-state index is 13.1. The fourth-order valence-electron chi connectivity index (χ4n) is 1.69. The standard InChI is InChI=1S/C16H13F2NO/c1-11-5-7-14(18)10-15(11)19-16(20)8-6-12-3-2-4-13(17)9-12/h2-10H,1H3,(H,19,20). The average molecular weight is 273 g/mol. The van der Waals surface area contributed by atoms with Gasteiger partial charge in [0.05, 0.1) is 0 Å². The Hall–Kier alpha value is -2.49. The molecule has 4 heteroatoms. The van der Waals surface area contributed by atoms with Crippen molar-refractivity contribution in [2.45, 2.75) is 6.92 Å². The summed E-state index contributed by atoms with van der Waals surface area (Å²) in [6.07, 6.45) is 2.77. The Morgan fingerprint density at radius 3 is 2.60 bits per heavy atom. The number of anilines is 1. The summed E-state index contributed by atoms with van der Waals surface area (Å²) in [4.78, 5) is 11.7. The van der Waals surface area contributed by atoms with Gasteiger partial charge in [-0.05, 0) is 48.4 Å². The molecular weight excluding hydrogens is 260 g/mol. The van der Waals surface area contributed by atoms with E-state index in [4.69, 9.17) is 0 Å². The number of aryl methyl sites for hydroxylation is 1. The van der Waals surface area contributed by atoms with Crippen LogP contribution in [0.15, 0.2) is 48.5 Å². The zero-order valence-corrected chi connectivity index (χ0v) is 10.9. The first kappa shape index (κ1) is 13.9. The van der Waals surface area contributed by atoms with E-state index >= 15 is 0 Å². The van der Waals surface area contributed by atoms with Gasteiger partial charge < -0.3 is 5.32 Å². The highest BCUT2D eigenvalue weighted by molar-refractivity contribution is 6.02. The number of amides is 1. The summed E-state index contributed by atoms with van der Waals surface area (Å²) in [5, 5.41) is 2.58. The molecular formula is C16H13F2NO. The van der Waals surface area contributed by atoms with E-state index in [-0.39, 0.29) is 5.82 Å². The van der Waals surface area contributed by atoms with Gasteiger partial charge in [0, 0.05) is 11.8 Å². The zero-order chi connectivity index (χ0) is 14.5. The molecule has 102 valence electrons. The predicted octanol–water partition coefficient (Wildman–Crippen LogP) is 3.93. The van der Waals surface area contributed by atoms with Crippen LogP contribution in [0.2, 0.25) is 0 Å². The van der Waals surface area contributed by atoms with Crippen LogP contribution in [0.1, 0.15) is 11.1 Å². The number of halogens is 2. The molecule has 2 rings (SSSR count). The third-order valence-electron chi connectivity index (χ3n) is 2.73. The first-order valence-electron chi connectivity index (χ1n) is 6.05. The van der Waals surface area contributed by atoms with E-state index < -0.39 is 11.7 Å². The predicted molar refractivity (Wildman–Crippen MR) is 75.2 cm³/mol. The van der Waals surface area contributed by atoms with Gasteiger partial charge in [-0.1, -0.05) is 18.2 Å². The fourth-order valence-corrected chi connectivity index (χ4v) is 1.69. The topological polar surface area (TPSA) is 29.1 Å². The highest BCUT2D eigenvalue weighted by atomic mass is 19.1. The third kappa shape index (κ3) is 3.75. The summed E-state index contributed by atoms with van der Waals surface area (Å²) >= 11 is 0. The minimum Gasteiger partial charge on any atom is -0.322 e. The largest absolute Gasteiger partial charge is 0.322 e. The highest BCUT2D eigenvalue weighted by Crippen LogP contribution is 2.16. The fraction of sp³-hybridized carbons (Fsp3) is 0.0625. The van der Waals surface area contributed by atoms with Gasteiger partial charge in [0.2, 0.25) is 5.91 Å². The summed E-state index contributed by atoms with van der Waals surface area (Å²) in [5.41, 5.74) is 1.76. The van der Waals surface area contributed by atoms with Crippen LogP contribution in [0, 0.1) is 18.6 Å². The first-order chi connectivity index (χ1) is 9.54. The van der Waals surface area contributed by atoms with Gasteiger partial charge in [-0.25, -0.2) is 8.78 Å². The lowest BCUT2D eigenvalue weighted by Gasteiger charge is -2.06. The number of hydrogen-bond acceptors (Lipinski definition) is 1. The first-order valence-corrected chi connectivity index (χ1v) is 6.05. The maximum atomic E-state index is 13.1. The van der Waals surface area contributed by atoms with E-state index in [1.165, 1.54) is 36.4 Å². The van der Waals surface area contributed by atoms with Gasteiger partial charge in [-0.15, -0.1) is 0 Å². The van der Waals surface area contributed by atoms with Crippen molar-refractivity contribution in [2.24, 2.45) is 0 Å². The summed E-state index contributed by atoms with van der Waals surface area (Å²) in [6.45, 7) is 1.77. The summed E-state index contributed by atoms with van der Waals surface area (Å²) in [6, 6.07) is 10.0. The Balaban J connectivity index is 2.07. The monoisotopic (exact) mass is 273 g/mol. The molecule has 0 aliphatic carbocycles. The van der Waals surface area contributed by atoms with E-state index in [0.29, 0.717) is 11.3 Å². The Kier molecular flexibility index (Phi) is 4.25. The van der Waals surface area contributed by atoms with Crippen molar-refractivity contribution >= 4 is 17.7 Å². The quantitative estimate of drug-likeness (QED) is 0.844. The van der Waals surface area contributed by atoms with E-state index in [1.54, 1.807) is 25.1 Å². The van der Waals surface area contributed by atoms with Gasteiger partial charge in [-0.3, -0.25) is 4.79 Å². The van der Waals surface area contributed by atoms with Gasteiger partial charge >= 0.3 is 0 Å². The lowest BCUT2D eigenvalue weighted by atomic mass is 10.2. The maximum Gasteiger partial charge on any atom is 0.248 e. The van der Waals surface area contributed by atoms with Crippen LogP contribution in [0.4, 0.5) is 14.5 Å². The van der Waals surface area contributed by atoms with Crippen molar-refractivity contribution in [3.8, 4) is 0 Å². The highest BCUT2D eigenvalue weighted by Gasteiger charge is 2.03. The molecule has 0 fully saturated rings. The molecule has 0 aromatic heterocycles. The molecule has 2 aromatic rings. The lowest BCUT2D eigenvalue weighted by molar-refractivity contribution is -0.111. The van der Waals surface area contributed by atoms with Crippen molar-refractivity contribution in [3.05, 3.63) is 71.3 Å². The minimum atomic E-state index is -0.417. The van der Waals surface area contributed by atoms with Crippen LogP contribution < -0.4 is 5.32 Å². The van der Waals surface area contributed by atoms with Crippen LogP contribution in [0.5, 0.6) is 0 Å². The zero-order valence-electron chi connectivity index (χ0n) is 10.9. The van der Waals surface area contributed by atoms with Crippen LogP contribution in [0.3, 0.4) is 0 Å². The number of benzene rings is 2. The number of carbonyl (C=O) groups excluding carboxylic acids is 1. The third-order valence-corrected chi connectivity index (χ3v) is 2.73. The molecule has 2 nitrogen and oxygen atoms in total. The smallest absolute Gasteiger partial charge is 0.248 e. The van der Waals surface area contributed by atoms with Gasteiger partial charge in [0.25, 0.3) is 0 Å². The normalized spacial score (nSPS) is 10.8. The van der Waals surface area contributed by atoms with Crippen molar-refractivity contribution in [3.63, 3.8) is 0 Å². The van der Waals surface area contributed by atoms with Crippen LogP contribution >= 0.6 is 0 Å². The molecule has 0 radical (unpaired) electrons. The SMILES string of the molecule is Cc1ccc(F)cc1NC(=O)C=Cc1cccc(F)c1. The second-order valence-electron chi connectivity index (χ2n) is 4.34.